The Hall–Kier alpha value is -1.88. The van der Waals surface area contributed by atoms with Crippen LogP contribution in [-0.4, -0.2) is 28.4 Å². The van der Waals surface area contributed by atoms with Crippen LogP contribution in [0.5, 0.6) is 5.75 Å². The van der Waals surface area contributed by atoms with Crippen molar-refractivity contribution < 1.29 is 4.74 Å². The van der Waals surface area contributed by atoms with Gasteiger partial charge in [-0.15, -0.1) is 0 Å². The van der Waals surface area contributed by atoms with Gasteiger partial charge in [-0.1, -0.05) is 19.9 Å². The second-order valence-corrected chi connectivity index (χ2v) is 5.17. The monoisotopic (exact) mass is 274 g/mol. The highest BCUT2D eigenvalue weighted by Gasteiger charge is 2.17. The zero-order chi connectivity index (χ0) is 14.7. The van der Waals surface area contributed by atoms with Crippen molar-refractivity contribution in [1.29, 1.82) is 0 Å². The Kier molecular flexibility index (Phi) is 4.39. The van der Waals surface area contributed by atoms with Crippen LogP contribution in [0, 0.1) is 6.92 Å². The van der Waals surface area contributed by atoms with E-state index in [0.717, 1.165) is 28.6 Å². The predicted octanol–water partition coefficient (Wildman–Crippen LogP) is 2.21. The van der Waals surface area contributed by atoms with Crippen LogP contribution in [0.3, 0.4) is 0 Å². The van der Waals surface area contributed by atoms with E-state index in [2.05, 4.69) is 36.9 Å². The summed E-state index contributed by atoms with van der Waals surface area (Å²) in [5.41, 5.74) is 7.68. The molecular formula is C15H22N4O. The van der Waals surface area contributed by atoms with Gasteiger partial charge in [-0.05, 0) is 31.2 Å². The molecule has 0 aliphatic carbocycles. The molecule has 2 N–H and O–H groups in total. The van der Waals surface area contributed by atoms with E-state index in [9.17, 15) is 0 Å². The smallest absolute Gasteiger partial charge is 0.152 e. The fourth-order valence-corrected chi connectivity index (χ4v) is 2.12. The number of aromatic nitrogens is 3. The first-order chi connectivity index (χ1) is 9.56. The molecule has 20 heavy (non-hydrogen) atoms. The Balaban J connectivity index is 2.58. The van der Waals surface area contributed by atoms with E-state index in [1.54, 1.807) is 7.11 Å². The van der Waals surface area contributed by atoms with Crippen LogP contribution in [0.2, 0.25) is 0 Å². The van der Waals surface area contributed by atoms with Crippen molar-refractivity contribution in [3.05, 3.63) is 35.4 Å². The number of benzene rings is 1. The number of ether oxygens (including phenoxy) is 1. The van der Waals surface area contributed by atoms with Gasteiger partial charge in [0.25, 0.3) is 0 Å². The minimum absolute atomic E-state index is 0.277. The Labute approximate surface area is 119 Å². The summed E-state index contributed by atoms with van der Waals surface area (Å²) in [4.78, 5) is 4.60. The molecule has 0 unspecified atom stereocenters. The number of hydrogen-bond donors (Lipinski definition) is 1. The van der Waals surface area contributed by atoms with Crippen molar-refractivity contribution in [2.24, 2.45) is 5.73 Å². The van der Waals surface area contributed by atoms with Crippen LogP contribution in [0.1, 0.15) is 37.0 Å². The lowest BCUT2D eigenvalue weighted by atomic mass is 10.1. The first kappa shape index (κ1) is 14.5. The van der Waals surface area contributed by atoms with Crippen molar-refractivity contribution in [2.45, 2.75) is 33.1 Å². The molecule has 1 aromatic carbocycles. The molecule has 1 aromatic heterocycles. The molecule has 0 bridgehead atoms. The maximum Gasteiger partial charge on any atom is 0.152 e. The highest BCUT2D eigenvalue weighted by Crippen LogP contribution is 2.26. The summed E-state index contributed by atoms with van der Waals surface area (Å²) in [5, 5.41) is 4.59. The zero-order valence-corrected chi connectivity index (χ0v) is 12.6. The average molecular weight is 274 g/mol. The van der Waals surface area contributed by atoms with Gasteiger partial charge in [-0.3, -0.25) is 0 Å². The first-order valence-electron chi connectivity index (χ1n) is 6.87. The SMILES string of the molecule is COc1ccc(C)cc1-n1nc(CCN)nc1C(C)C. The molecule has 2 rings (SSSR count). The Bertz CT molecular complexity index is 590. The van der Waals surface area contributed by atoms with Crippen molar-refractivity contribution in [3.8, 4) is 11.4 Å². The van der Waals surface area contributed by atoms with Crippen LogP contribution in [0.4, 0.5) is 0 Å². The summed E-state index contributed by atoms with van der Waals surface area (Å²) in [7, 11) is 1.67. The van der Waals surface area contributed by atoms with Gasteiger partial charge < -0.3 is 10.5 Å². The minimum Gasteiger partial charge on any atom is -0.494 e. The molecule has 5 heteroatoms. The third-order valence-corrected chi connectivity index (χ3v) is 3.12. The molecule has 0 aliphatic rings. The highest BCUT2D eigenvalue weighted by atomic mass is 16.5. The second kappa shape index (κ2) is 6.05. The summed E-state index contributed by atoms with van der Waals surface area (Å²) >= 11 is 0. The molecule has 0 fully saturated rings. The number of nitrogens with two attached hydrogens (primary N) is 1. The van der Waals surface area contributed by atoms with Crippen LogP contribution in [-0.2, 0) is 6.42 Å². The normalized spacial score (nSPS) is 11.1. The van der Waals surface area contributed by atoms with Gasteiger partial charge in [0.2, 0.25) is 0 Å². The van der Waals surface area contributed by atoms with Crippen molar-refractivity contribution in [3.63, 3.8) is 0 Å². The van der Waals surface area contributed by atoms with E-state index in [1.807, 2.05) is 16.8 Å². The van der Waals surface area contributed by atoms with Gasteiger partial charge >= 0.3 is 0 Å². The molecule has 108 valence electrons. The van der Waals surface area contributed by atoms with Crippen molar-refractivity contribution in [1.82, 2.24) is 14.8 Å². The van der Waals surface area contributed by atoms with E-state index in [-0.39, 0.29) is 5.92 Å². The average Bonchev–Trinajstić information content (AvgIpc) is 2.83. The lowest BCUT2D eigenvalue weighted by Crippen LogP contribution is -2.07. The number of rotatable bonds is 5. The molecule has 0 saturated heterocycles. The van der Waals surface area contributed by atoms with Crippen molar-refractivity contribution >= 4 is 0 Å². The van der Waals surface area contributed by atoms with Crippen LogP contribution in [0.15, 0.2) is 18.2 Å². The fourth-order valence-electron chi connectivity index (χ4n) is 2.12. The lowest BCUT2D eigenvalue weighted by Gasteiger charge is -2.12. The van der Waals surface area contributed by atoms with E-state index in [4.69, 9.17) is 10.5 Å². The molecule has 1 heterocycles. The molecule has 0 aliphatic heterocycles. The van der Waals surface area contributed by atoms with E-state index in [1.165, 1.54) is 0 Å². The molecule has 0 spiro atoms. The van der Waals surface area contributed by atoms with Gasteiger partial charge in [0.1, 0.15) is 17.3 Å². The quantitative estimate of drug-likeness (QED) is 0.907. The number of aryl methyl sites for hydroxylation is 1. The topological polar surface area (TPSA) is 66.0 Å². The van der Waals surface area contributed by atoms with E-state index >= 15 is 0 Å². The summed E-state index contributed by atoms with van der Waals surface area (Å²) in [6, 6.07) is 6.04. The maximum absolute atomic E-state index is 5.60. The summed E-state index contributed by atoms with van der Waals surface area (Å²) in [5.74, 6) is 2.78. The summed E-state index contributed by atoms with van der Waals surface area (Å²) in [6.45, 7) is 6.81. The second-order valence-electron chi connectivity index (χ2n) is 5.17. The molecule has 0 saturated carbocycles. The molecule has 0 atom stereocenters. The highest BCUT2D eigenvalue weighted by molar-refractivity contribution is 5.49. The molecule has 5 nitrogen and oxygen atoms in total. The van der Waals surface area contributed by atoms with Crippen LogP contribution >= 0.6 is 0 Å². The molecule has 0 radical (unpaired) electrons. The number of methoxy groups -OCH3 is 1. The largest absolute Gasteiger partial charge is 0.494 e. The molecule has 2 aromatic rings. The Morgan fingerprint density at radius 1 is 1.35 bits per heavy atom. The van der Waals surface area contributed by atoms with E-state index < -0.39 is 0 Å². The molecule has 0 amide bonds. The lowest BCUT2D eigenvalue weighted by molar-refractivity contribution is 0.411. The van der Waals surface area contributed by atoms with Gasteiger partial charge in [-0.25, -0.2) is 9.67 Å². The first-order valence-corrected chi connectivity index (χ1v) is 6.87. The summed E-state index contributed by atoms with van der Waals surface area (Å²) < 4.78 is 7.32. The van der Waals surface area contributed by atoms with Crippen molar-refractivity contribution in [2.75, 3.05) is 13.7 Å². The zero-order valence-electron chi connectivity index (χ0n) is 12.6. The van der Waals surface area contributed by atoms with Gasteiger partial charge in [0, 0.05) is 12.3 Å². The maximum atomic E-state index is 5.60. The Morgan fingerprint density at radius 2 is 2.10 bits per heavy atom. The van der Waals surface area contributed by atoms with Crippen LogP contribution < -0.4 is 10.5 Å². The van der Waals surface area contributed by atoms with Gasteiger partial charge in [0.15, 0.2) is 5.82 Å². The predicted molar refractivity (Wildman–Crippen MR) is 79.5 cm³/mol. The standard InChI is InChI=1S/C15H22N4O/c1-10(2)15-17-14(7-8-16)18-19(15)12-9-11(3)5-6-13(12)20-4/h5-6,9-10H,7-8,16H2,1-4H3. The molecular weight excluding hydrogens is 252 g/mol. The van der Waals surface area contributed by atoms with Crippen LogP contribution in [0.25, 0.3) is 5.69 Å². The van der Waals surface area contributed by atoms with E-state index in [0.29, 0.717) is 13.0 Å². The third kappa shape index (κ3) is 2.82. The number of hydrogen-bond acceptors (Lipinski definition) is 4. The van der Waals surface area contributed by atoms with Gasteiger partial charge in [-0.2, -0.15) is 5.10 Å². The van der Waals surface area contributed by atoms with Gasteiger partial charge in [0.05, 0.1) is 7.11 Å². The fraction of sp³-hybridized carbons (Fsp3) is 0.467. The number of nitrogens with zero attached hydrogens (tertiary/aromatic N) is 3. The summed E-state index contributed by atoms with van der Waals surface area (Å²) in [6.07, 6.45) is 0.681. The third-order valence-electron chi connectivity index (χ3n) is 3.12. The Morgan fingerprint density at radius 3 is 2.70 bits per heavy atom. The minimum atomic E-state index is 0.277.